The Morgan fingerprint density at radius 1 is 1.00 bits per heavy atom. The molecule has 0 bridgehead atoms. The van der Waals surface area contributed by atoms with Crippen molar-refractivity contribution < 1.29 is 9.59 Å². The van der Waals surface area contributed by atoms with Crippen LogP contribution in [0.3, 0.4) is 0 Å². The van der Waals surface area contributed by atoms with Crippen molar-refractivity contribution in [3.63, 3.8) is 0 Å². The number of amides is 2. The monoisotopic (exact) mass is 329 g/mol. The zero-order valence-electron chi connectivity index (χ0n) is 14.2. The molecule has 1 heterocycles. The Balaban J connectivity index is 1.38. The molecule has 2 fully saturated rings. The largest absolute Gasteiger partial charge is 0.353 e. The van der Waals surface area contributed by atoms with Crippen LogP contribution in [0, 0.1) is 11.8 Å². The molecule has 2 aliphatic carbocycles. The topological polar surface area (TPSA) is 71.1 Å². The number of rotatable bonds is 5. The quantitative estimate of drug-likeness (QED) is 0.871. The van der Waals surface area contributed by atoms with Gasteiger partial charge in [0.15, 0.2) is 0 Å². The predicted molar refractivity (Wildman–Crippen MR) is 93.3 cm³/mol. The summed E-state index contributed by atoms with van der Waals surface area (Å²) in [7, 11) is 0. The van der Waals surface area contributed by atoms with E-state index in [4.69, 9.17) is 0 Å². The molecule has 1 aromatic heterocycles. The molecule has 0 unspecified atom stereocenters. The molecule has 5 heteroatoms. The first-order chi connectivity index (χ1) is 11.7. The number of aromatic nitrogens is 1. The van der Waals surface area contributed by atoms with Crippen molar-refractivity contribution in [1.29, 1.82) is 0 Å². The number of hydrogen-bond acceptors (Lipinski definition) is 3. The second kappa shape index (κ2) is 8.27. The second-order valence-electron chi connectivity index (χ2n) is 7.20. The molecule has 2 N–H and O–H groups in total. The van der Waals surface area contributed by atoms with Crippen LogP contribution < -0.4 is 10.6 Å². The van der Waals surface area contributed by atoms with Crippen molar-refractivity contribution in [3.8, 4) is 0 Å². The summed E-state index contributed by atoms with van der Waals surface area (Å²) in [5, 5.41) is 6.13. The molecule has 5 nitrogen and oxygen atoms in total. The van der Waals surface area contributed by atoms with Crippen molar-refractivity contribution in [3.05, 3.63) is 24.5 Å². The molecule has 24 heavy (non-hydrogen) atoms. The molecular weight excluding hydrogens is 302 g/mol. The maximum absolute atomic E-state index is 12.3. The lowest BCUT2D eigenvalue weighted by atomic mass is 9.85. The normalized spacial score (nSPS) is 24.5. The van der Waals surface area contributed by atoms with Gasteiger partial charge in [-0.25, -0.2) is 0 Å². The van der Waals surface area contributed by atoms with Gasteiger partial charge in [-0.05, 0) is 56.6 Å². The van der Waals surface area contributed by atoms with E-state index < -0.39 is 0 Å². The smallest absolute Gasteiger partial charge is 0.227 e. The van der Waals surface area contributed by atoms with Gasteiger partial charge in [-0.3, -0.25) is 14.6 Å². The molecule has 3 rings (SSSR count). The minimum absolute atomic E-state index is 0.0427. The Morgan fingerprint density at radius 3 is 2.33 bits per heavy atom. The molecule has 0 aliphatic heterocycles. The van der Waals surface area contributed by atoms with Crippen LogP contribution in [0.1, 0.15) is 57.8 Å². The Kier molecular flexibility index (Phi) is 5.83. The van der Waals surface area contributed by atoms with Gasteiger partial charge in [0, 0.05) is 36.5 Å². The summed E-state index contributed by atoms with van der Waals surface area (Å²) in [4.78, 5) is 28.4. The third-order valence-electron chi connectivity index (χ3n) is 5.36. The Hall–Kier alpha value is -1.91. The summed E-state index contributed by atoms with van der Waals surface area (Å²) >= 11 is 0. The fraction of sp³-hybridized carbons (Fsp3) is 0.632. The van der Waals surface area contributed by atoms with Crippen molar-refractivity contribution >= 4 is 17.5 Å². The van der Waals surface area contributed by atoms with Crippen molar-refractivity contribution in [2.24, 2.45) is 11.8 Å². The lowest BCUT2D eigenvalue weighted by Crippen LogP contribution is -2.40. The molecule has 1 aromatic rings. The van der Waals surface area contributed by atoms with E-state index in [1.807, 2.05) is 0 Å². The van der Waals surface area contributed by atoms with Gasteiger partial charge in [0.2, 0.25) is 11.8 Å². The van der Waals surface area contributed by atoms with E-state index in [2.05, 4.69) is 15.6 Å². The summed E-state index contributed by atoms with van der Waals surface area (Å²) < 4.78 is 0. The van der Waals surface area contributed by atoms with Gasteiger partial charge < -0.3 is 10.6 Å². The molecule has 2 amide bonds. The fourth-order valence-electron chi connectivity index (χ4n) is 3.94. The summed E-state index contributed by atoms with van der Waals surface area (Å²) in [5.74, 6) is 0.914. The number of hydrogen-bond donors (Lipinski definition) is 2. The predicted octanol–water partition coefficient (Wildman–Crippen LogP) is 3.28. The van der Waals surface area contributed by atoms with E-state index in [9.17, 15) is 9.59 Å². The SMILES string of the molecule is O=C(CC1CCCC1)NC1CCC(C(=O)Nc2ccncc2)CC1. The Labute approximate surface area is 143 Å². The second-order valence-corrected chi connectivity index (χ2v) is 7.20. The third-order valence-corrected chi connectivity index (χ3v) is 5.36. The number of carbonyl (C=O) groups excluding carboxylic acids is 2. The summed E-state index contributed by atoms with van der Waals surface area (Å²) in [6, 6.07) is 3.84. The molecule has 130 valence electrons. The van der Waals surface area contributed by atoms with Crippen LogP contribution in [0.25, 0.3) is 0 Å². The third kappa shape index (κ3) is 4.79. The van der Waals surface area contributed by atoms with Crippen LogP contribution in [-0.2, 0) is 9.59 Å². The average molecular weight is 329 g/mol. The minimum Gasteiger partial charge on any atom is -0.353 e. The van der Waals surface area contributed by atoms with Crippen LogP contribution in [0.5, 0.6) is 0 Å². The van der Waals surface area contributed by atoms with Gasteiger partial charge in [-0.15, -0.1) is 0 Å². The van der Waals surface area contributed by atoms with Crippen molar-refractivity contribution in [2.45, 2.75) is 63.8 Å². The first-order valence-electron chi connectivity index (χ1n) is 9.21. The maximum atomic E-state index is 12.3. The van der Waals surface area contributed by atoms with Gasteiger partial charge in [0.25, 0.3) is 0 Å². The number of pyridine rings is 1. The highest BCUT2D eigenvalue weighted by Gasteiger charge is 2.28. The van der Waals surface area contributed by atoms with E-state index in [0.29, 0.717) is 12.3 Å². The molecule has 0 spiro atoms. The van der Waals surface area contributed by atoms with Crippen LogP contribution >= 0.6 is 0 Å². The van der Waals surface area contributed by atoms with E-state index in [-0.39, 0.29) is 23.8 Å². The number of nitrogens with one attached hydrogen (secondary N) is 2. The highest BCUT2D eigenvalue weighted by Crippen LogP contribution is 2.28. The van der Waals surface area contributed by atoms with Crippen molar-refractivity contribution in [1.82, 2.24) is 10.3 Å². The molecule has 2 saturated carbocycles. The molecular formula is C19H27N3O2. The first-order valence-corrected chi connectivity index (χ1v) is 9.21. The molecule has 0 atom stereocenters. The van der Waals surface area contributed by atoms with Crippen LogP contribution in [0.4, 0.5) is 5.69 Å². The minimum atomic E-state index is 0.0427. The maximum Gasteiger partial charge on any atom is 0.227 e. The van der Waals surface area contributed by atoms with Gasteiger partial charge >= 0.3 is 0 Å². The van der Waals surface area contributed by atoms with Crippen LogP contribution in [-0.4, -0.2) is 22.8 Å². The van der Waals surface area contributed by atoms with Crippen molar-refractivity contribution in [2.75, 3.05) is 5.32 Å². The highest BCUT2D eigenvalue weighted by atomic mass is 16.2. The van der Waals surface area contributed by atoms with E-state index >= 15 is 0 Å². The molecule has 0 aromatic carbocycles. The van der Waals surface area contributed by atoms with Crippen LogP contribution in [0.2, 0.25) is 0 Å². The molecule has 2 aliphatic rings. The van der Waals surface area contributed by atoms with Gasteiger partial charge in [0.05, 0.1) is 0 Å². The number of nitrogens with zero attached hydrogens (tertiary/aromatic N) is 1. The lowest BCUT2D eigenvalue weighted by Gasteiger charge is -2.28. The summed E-state index contributed by atoms with van der Waals surface area (Å²) in [6.07, 6.45) is 12.4. The van der Waals surface area contributed by atoms with Crippen LogP contribution in [0.15, 0.2) is 24.5 Å². The number of anilines is 1. The zero-order chi connectivity index (χ0) is 16.8. The number of carbonyl (C=O) groups is 2. The Morgan fingerprint density at radius 2 is 1.67 bits per heavy atom. The highest BCUT2D eigenvalue weighted by molar-refractivity contribution is 5.92. The lowest BCUT2D eigenvalue weighted by molar-refractivity contribution is -0.123. The van der Waals surface area contributed by atoms with E-state index in [1.165, 1.54) is 25.7 Å². The average Bonchev–Trinajstić information content (AvgIpc) is 3.09. The zero-order valence-corrected chi connectivity index (χ0v) is 14.2. The molecule has 0 radical (unpaired) electrons. The first kappa shape index (κ1) is 16.9. The van der Waals surface area contributed by atoms with Gasteiger partial charge in [-0.2, -0.15) is 0 Å². The molecule has 0 saturated heterocycles. The standard InChI is InChI=1S/C19H27N3O2/c23-18(13-14-3-1-2-4-14)21-16-7-5-15(6-8-16)19(24)22-17-9-11-20-12-10-17/h9-12,14-16H,1-8,13H2,(H,21,23)(H,20,22,24). The van der Waals surface area contributed by atoms with E-state index in [0.717, 1.165) is 31.4 Å². The fourth-order valence-corrected chi connectivity index (χ4v) is 3.94. The van der Waals surface area contributed by atoms with Gasteiger partial charge in [0.1, 0.15) is 0 Å². The summed E-state index contributed by atoms with van der Waals surface area (Å²) in [5.41, 5.74) is 0.794. The summed E-state index contributed by atoms with van der Waals surface area (Å²) in [6.45, 7) is 0. The Bertz CT molecular complexity index is 547. The van der Waals surface area contributed by atoms with Gasteiger partial charge in [-0.1, -0.05) is 12.8 Å². The van der Waals surface area contributed by atoms with E-state index in [1.54, 1.807) is 24.5 Å².